The lowest BCUT2D eigenvalue weighted by atomic mass is 10.1. The van der Waals surface area contributed by atoms with Crippen LogP contribution in [0.1, 0.15) is 67.2 Å². The van der Waals surface area contributed by atoms with Crippen LogP contribution in [0, 0.1) is 0 Å². The molecule has 0 aromatic heterocycles. The number of rotatable bonds is 10. The first-order chi connectivity index (χ1) is 8.04. The highest BCUT2D eigenvalue weighted by atomic mass is 15.2. The third kappa shape index (κ3) is 7.05. The van der Waals surface area contributed by atoms with E-state index < -0.39 is 0 Å². The molecule has 17 heavy (non-hydrogen) atoms. The van der Waals surface area contributed by atoms with E-state index in [2.05, 4.69) is 51.8 Å². The molecule has 104 valence electrons. The molecule has 2 nitrogen and oxygen atoms in total. The number of hydrogen-bond donors (Lipinski definition) is 1. The van der Waals surface area contributed by atoms with Crippen molar-refractivity contribution < 1.29 is 0 Å². The van der Waals surface area contributed by atoms with Crippen LogP contribution in [0.15, 0.2) is 0 Å². The minimum atomic E-state index is 0.582. The van der Waals surface area contributed by atoms with Crippen LogP contribution in [0.2, 0.25) is 0 Å². The third-order valence-corrected chi connectivity index (χ3v) is 3.65. The quantitative estimate of drug-likeness (QED) is 0.588. The Morgan fingerprint density at radius 3 is 2.06 bits per heavy atom. The molecule has 0 saturated carbocycles. The van der Waals surface area contributed by atoms with Crippen LogP contribution in [0.4, 0.5) is 0 Å². The normalized spacial score (nSPS) is 15.5. The van der Waals surface area contributed by atoms with Crippen LogP contribution in [-0.2, 0) is 0 Å². The van der Waals surface area contributed by atoms with Crippen molar-refractivity contribution in [2.45, 2.75) is 85.4 Å². The second kappa shape index (κ2) is 9.90. The Balaban J connectivity index is 4.17. The van der Waals surface area contributed by atoms with Gasteiger partial charge in [-0.2, -0.15) is 0 Å². The average molecular weight is 242 g/mol. The largest absolute Gasteiger partial charge is 0.313 e. The monoisotopic (exact) mass is 242 g/mol. The van der Waals surface area contributed by atoms with Crippen molar-refractivity contribution in [3.05, 3.63) is 0 Å². The average Bonchev–Trinajstić information content (AvgIpc) is 2.30. The Hall–Kier alpha value is -0.0800. The Morgan fingerprint density at radius 1 is 0.941 bits per heavy atom. The molecule has 2 atom stereocenters. The minimum Gasteiger partial charge on any atom is -0.313 e. The highest BCUT2D eigenvalue weighted by Gasteiger charge is 2.21. The SMILES string of the molecule is CCCCCN(C(C)C)C(C)C(C)NCCC. The molecule has 0 aliphatic heterocycles. The van der Waals surface area contributed by atoms with E-state index in [-0.39, 0.29) is 0 Å². The van der Waals surface area contributed by atoms with Crippen LogP contribution in [0.3, 0.4) is 0 Å². The summed E-state index contributed by atoms with van der Waals surface area (Å²) in [7, 11) is 0. The molecule has 1 N–H and O–H groups in total. The van der Waals surface area contributed by atoms with Gasteiger partial charge in [-0.3, -0.25) is 4.90 Å². The predicted molar refractivity (Wildman–Crippen MR) is 78.6 cm³/mol. The summed E-state index contributed by atoms with van der Waals surface area (Å²) in [6.45, 7) is 16.2. The van der Waals surface area contributed by atoms with Crippen LogP contribution in [0.5, 0.6) is 0 Å². The van der Waals surface area contributed by atoms with E-state index in [0.29, 0.717) is 18.1 Å². The minimum absolute atomic E-state index is 0.582. The zero-order chi connectivity index (χ0) is 13.3. The van der Waals surface area contributed by atoms with E-state index in [9.17, 15) is 0 Å². The zero-order valence-electron chi connectivity index (χ0n) is 12.9. The van der Waals surface area contributed by atoms with E-state index in [4.69, 9.17) is 0 Å². The summed E-state index contributed by atoms with van der Waals surface area (Å²) in [5.41, 5.74) is 0. The molecule has 0 amide bonds. The van der Waals surface area contributed by atoms with Gasteiger partial charge in [-0.25, -0.2) is 0 Å². The number of hydrogen-bond acceptors (Lipinski definition) is 2. The molecule has 0 rings (SSSR count). The molecular weight excluding hydrogens is 208 g/mol. The summed E-state index contributed by atoms with van der Waals surface area (Å²) in [4.78, 5) is 2.64. The summed E-state index contributed by atoms with van der Waals surface area (Å²) in [6.07, 6.45) is 5.21. The van der Waals surface area contributed by atoms with Gasteiger partial charge in [-0.1, -0.05) is 26.7 Å². The number of nitrogens with one attached hydrogen (secondary N) is 1. The Kier molecular flexibility index (Phi) is 9.85. The molecule has 2 unspecified atom stereocenters. The van der Waals surface area contributed by atoms with Crippen molar-refractivity contribution in [3.63, 3.8) is 0 Å². The van der Waals surface area contributed by atoms with Gasteiger partial charge in [0.1, 0.15) is 0 Å². The third-order valence-electron chi connectivity index (χ3n) is 3.65. The standard InChI is InChI=1S/C15H34N2/c1-7-9-10-12-17(13(3)4)15(6)14(5)16-11-8-2/h13-16H,7-12H2,1-6H3. The highest BCUT2D eigenvalue weighted by molar-refractivity contribution is 4.79. The molecule has 0 aliphatic carbocycles. The van der Waals surface area contributed by atoms with Crippen molar-refractivity contribution in [2.75, 3.05) is 13.1 Å². The Bertz CT molecular complexity index is 168. The van der Waals surface area contributed by atoms with Crippen molar-refractivity contribution in [1.29, 1.82) is 0 Å². The van der Waals surface area contributed by atoms with Crippen molar-refractivity contribution in [1.82, 2.24) is 10.2 Å². The summed E-state index contributed by atoms with van der Waals surface area (Å²) in [5.74, 6) is 0. The first kappa shape index (κ1) is 16.9. The van der Waals surface area contributed by atoms with Gasteiger partial charge in [0.2, 0.25) is 0 Å². The maximum atomic E-state index is 3.62. The summed E-state index contributed by atoms with van der Waals surface area (Å²) in [5, 5.41) is 3.62. The molecule has 0 heterocycles. The fourth-order valence-electron chi connectivity index (χ4n) is 2.31. The molecule has 2 heteroatoms. The Labute approximate surface area is 109 Å². The number of unbranched alkanes of at least 4 members (excludes halogenated alkanes) is 2. The molecule has 0 radical (unpaired) electrons. The van der Waals surface area contributed by atoms with Crippen molar-refractivity contribution in [3.8, 4) is 0 Å². The second-order valence-electron chi connectivity index (χ2n) is 5.52. The van der Waals surface area contributed by atoms with Crippen LogP contribution >= 0.6 is 0 Å². The van der Waals surface area contributed by atoms with E-state index in [1.807, 2.05) is 0 Å². The van der Waals surface area contributed by atoms with Gasteiger partial charge in [0, 0.05) is 18.1 Å². The first-order valence-corrected chi connectivity index (χ1v) is 7.53. The summed E-state index contributed by atoms with van der Waals surface area (Å²) in [6, 6.07) is 1.85. The molecule has 0 bridgehead atoms. The van der Waals surface area contributed by atoms with E-state index in [0.717, 1.165) is 6.54 Å². The van der Waals surface area contributed by atoms with Gasteiger partial charge in [-0.15, -0.1) is 0 Å². The van der Waals surface area contributed by atoms with Crippen LogP contribution in [-0.4, -0.2) is 36.1 Å². The van der Waals surface area contributed by atoms with Crippen LogP contribution < -0.4 is 5.32 Å². The van der Waals surface area contributed by atoms with Gasteiger partial charge in [0.15, 0.2) is 0 Å². The molecule has 0 aromatic carbocycles. The molecule has 0 fully saturated rings. The maximum Gasteiger partial charge on any atom is 0.0221 e. The fraction of sp³-hybridized carbons (Fsp3) is 1.00. The van der Waals surface area contributed by atoms with Gasteiger partial charge in [-0.05, 0) is 53.6 Å². The first-order valence-electron chi connectivity index (χ1n) is 7.53. The van der Waals surface area contributed by atoms with E-state index in [1.165, 1.54) is 32.2 Å². The lowest BCUT2D eigenvalue weighted by Gasteiger charge is -2.36. The maximum absolute atomic E-state index is 3.62. The Morgan fingerprint density at radius 2 is 1.59 bits per heavy atom. The lowest BCUT2D eigenvalue weighted by molar-refractivity contribution is 0.134. The van der Waals surface area contributed by atoms with E-state index >= 15 is 0 Å². The van der Waals surface area contributed by atoms with Crippen LogP contribution in [0.25, 0.3) is 0 Å². The summed E-state index contributed by atoms with van der Waals surface area (Å²) < 4.78 is 0. The van der Waals surface area contributed by atoms with E-state index in [1.54, 1.807) is 0 Å². The van der Waals surface area contributed by atoms with Gasteiger partial charge in [0.25, 0.3) is 0 Å². The molecule has 0 spiro atoms. The molecule has 0 aromatic rings. The number of nitrogens with zero attached hydrogens (tertiary/aromatic N) is 1. The van der Waals surface area contributed by atoms with Crippen molar-refractivity contribution in [2.24, 2.45) is 0 Å². The summed E-state index contributed by atoms with van der Waals surface area (Å²) >= 11 is 0. The van der Waals surface area contributed by atoms with Gasteiger partial charge >= 0.3 is 0 Å². The highest BCUT2D eigenvalue weighted by Crippen LogP contribution is 2.11. The van der Waals surface area contributed by atoms with Gasteiger partial charge in [0.05, 0.1) is 0 Å². The second-order valence-corrected chi connectivity index (χ2v) is 5.52. The van der Waals surface area contributed by atoms with Crippen molar-refractivity contribution >= 4 is 0 Å². The topological polar surface area (TPSA) is 15.3 Å². The molecule has 0 saturated heterocycles. The smallest absolute Gasteiger partial charge is 0.0221 e. The predicted octanol–water partition coefficient (Wildman–Crippen LogP) is 3.66. The molecular formula is C15H34N2. The molecule has 0 aliphatic rings. The zero-order valence-corrected chi connectivity index (χ0v) is 12.9. The lowest BCUT2D eigenvalue weighted by Crippen LogP contribution is -2.50. The fourth-order valence-corrected chi connectivity index (χ4v) is 2.31. The van der Waals surface area contributed by atoms with Gasteiger partial charge < -0.3 is 5.32 Å².